The number of carbonyl (C=O) groups excluding carboxylic acids is 1. The fourth-order valence-corrected chi connectivity index (χ4v) is 4.48. The van der Waals surface area contributed by atoms with Gasteiger partial charge in [-0.15, -0.1) is 0 Å². The van der Waals surface area contributed by atoms with Gasteiger partial charge in [0.2, 0.25) is 15.9 Å². The average molecular weight is 453 g/mol. The first-order chi connectivity index (χ1) is 15.3. The van der Waals surface area contributed by atoms with Crippen molar-refractivity contribution in [2.75, 3.05) is 11.9 Å². The zero-order valence-electron chi connectivity index (χ0n) is 18.5. The predicted molar refractivity (Wildman–Crippen MR) is 126 cm³/mol. The zero-order valence-corrected chi connectivity index (χ0v) is 19.3. The van der Waals surface area contributed by atoms with Gasteiger partial charge in [-0.3, -0.25) is 4.79 Å². The van der Waals surface area contributed by atoms with E-state index in [9.17, 15) is 13.2 Å². The van der Waals surface area contributed by atoms with Gasteiger partial charge in [0.25, 0.3) is 0 Å². The molecule has 0 bridgehead atoms. The number of ether oxygens (including phenoxy) is 1. The molecule has 3 aromatic rings. The Labute approximate surface area is 189 Å². The van der Waals surface area contributed by atoms with Crippen LogP contribution in [0.5, 0.6) is 5.75 Å². The van der Waals surface area contributed by atoms with Gasteiger partial charge in [-0.1, -0.05) is 42.5 Å². The van der Waals surface area contributed by atoms with Crippen molar-refractivity contribution in [1.29, 1.82) is 0 Å². The lowest BCUT2D eigenvalue weighted by Gasteiger charge is -2.20. The summed E-state index contributed by atoms with van der Waals surface area (Å²) in [6, 6.07) is 20.1. The van der Waals surface area contributed by atoms with E-state index < -0.39 is 22.0 Å². The van der Waals surface area contributed by atoms with Crippen molar-refractivity contribution in [3.63, 3.8) is 0 Å². The second-order valence-electron chi connectivity index (χ2n) is 7.50. The fraction of sp³-hybridized carbons (Fsp3) is 0.240. The monoisotopic (exact) mass is 452 g/mol. The highest BCUT2D eigenvalue weighted by molar-refractivity contribution is 7.89. The summed E-state index contributed by atoms with van der Waals surface area (Å²) in [4.78, 5) is 13.2. The van der Waals surface area contributed by atoms with Gasteiger partial charge in [0, 0.05) is 5.69 Å². The number of benzene rings is 3. The van der Waals surface area contributed by atoms with Crippen molar-refractivity contribution in [3.8, 4) is 5.75 Å². The van der Waals surface area contributed by atoms with E-state index in [0.29, 0.717) is 18.0 Å². The minimum Gasteiger partial charge on any atom is -0.494 e. The maximum absolute atomic E-state index is 13.2. The second-order valence-corrected chi connectivity index (χ2v) is 9.22. The standard InChI is InChI=1S/C25H28N2O4S/c1-4-31-21-13-15-22(16-14-21)32(29,30)27-24(17-20-10-6-5-7-11-20)25(28)26-23-12-8-9-18(2)19(23)3/h5-16,24,27H,4,17H2,1-3H3,(H,26,28)/t24-/m1/s1. The number of nitrogens with one attached hydrogen (secondary N) is 2. The van der Waals surface area contributed by atoms with Crippen LogP contribution in [0.2, 0.25) is 0 Å². The summed E-state index contributed by atoms with van der Waals surface area (Å²) in [6.07, 6.45) is 0.216. The Balaban J connectivity index is 1.86. The summed E-state index contributed by atoms with van der Waals surface area (Å²) in [5, 5.41) is 2.89. The number of amides is 1. The van der Waals surface area contributed by atoms with Crippen LogP contribution in [0.1, 0.15) is 23.6 Å². The first-order valence-corrected chi connectivity index (χ1v) is 11.9. The third-order valence-corrected chi connectivity index (χ3v) is 6.69. The highest BCUT2D eigenvalue weighted by Crippen LogP contribution is 2.20. The molecule has 6 nitrogen and oxygen atoms in total. The predicted octanol–water partition coefficient (Wildman–Crippen LogP) is 4.23. The Bertz CT molecular complexity index is 1160. The number of anilines is 1. The molecule has 1 amide bonds. The Hall–Kier alpha value is -3.16. The van der Waals surface area contributed by atoms with Crippen LogP contribution in [0.3, 0.4) is 0 Å². The molecule has 168 valence electrons. The van der Waals surface area contributed by atoms with Gasteiger partial charge in [0.15, 0.2) is 0 Å². The fourth-order valence-electron chi connectivity index (χ4n) is 3.28. The lowest BCUT2D eigenvalue weighted by atomic mass is 10.0. The van der Waals surface area contributed by atoms with Crippen molar-refractivity contribution in [2.24, 2.45) is 0 Å². The SMILES string of the molecule is CCOc1ccc(S(=O)(=O)N[C@H](Cc2ccccc2)C(=O)Nc2cccc(C)c2C)cc1. The molecule has 1 atom stereocenters. The number of hydrogen-bond acceptors (Lipinski definition) is 4. The number of carbonyl (C=O) groups is 1. The first-order valence-electron chi connectivity index (χ1n) is 10.5. The van der Waals surface area contributed by atoms with Crippen molar-refractivity contribution in [1.82, 2.24) is 4.72 Å². The maximum atomic E-state index is 13.2. The molecule has 2 N–H and O–H groups in total. The lowest BCUT2D eigenvalue weighted by molar-refractivity contribution is -0.117. The Morgan fingerprint density at radius 3 is 2.28 bits per heavy atom. The van der Waals surface area contributed by atoms with Gasteiger partial charge in [0.05, 0.1) is 11.5 Å². The molecular formula is C25H28N2O4S. The van der Waals surface area contributed by atoms with Crippen LogP contribution in [0.15, 0.2) is 77.7 Å². The topological polar surface area (TPSA) is 84.5 Å². The Morgan fingerprint density at radius 2 is 1.62 bits per heavy atom. The van der Waals surface area contributed by atoms with Crippen LogP contribution < -0.4 is 14.8 Å². The maximum Gasteiger partial charge on any atom is 0.242 e. The Morgan fingerprint density at radius 1 is 0.938 bits per heavy atom. The van der Waals surface area contributed by atoms with Crippen LogP contribution in [0.4, 0.5) is 5.69 Å². The Kier molecular flexibility index (Phi) is 7.66. The van der Waals surface area contributed by atoms with E-state index in [1.165, 1.54) is 12.1 Å². The van der Waals surface area contributed by atoms with Gasteiger partial charge in [-0.2, -0.15) is 4.72 Å². The lowest BCUT2D eigenvalue weighted by Crippen LogP contribution is -2.45. The third-order valence-electron chi connectivity index (χ3n) is 5.20. The summed E-state index contributed by atoms with van der Waals surface area (Å²) >= 11 is 0. The van der Waals surface area contributed by atoms with Crippen LogP contribution in [0.25, 0.3) is 0 Å². The third kappa shape index (κ3) is 5.96. The van der Waals surface area contributed by atoms with E-state index in [2.05, 4.69) is 10.0 Å². The van der Waals surface area contributed by atoms with Crippen molar-refractivity contribution >= 4 is 21.6 Å². The number of aryl methyl sites for hydroxylation is 1. The van der Waals surface area contributed by atoms with Crippen LogP contribution in [-0.2, 0) is 21.2 Å². The number of sulfonamides is 1. The molecule has 0 aliphatic rings. The van der Waals surface area contributed by atoms with Gasteiger partial charge in [-0.25, -0.2) is 8.42 Å². The van der Waals surface area contributed by atoms with E-state index >= 15 is 0 Å². The van der Waals surface area contributed by atoms with E-state index in [-0.39, 0.29) is 11.3 Å². The summed E-state index contributed by atoms with van der Waals surface area (Å²) in [6.45, 7) is 6.22. The van der Waals surface area contributed by atoms with Gasteiger partial charge >= 0.3 is 0 Å². The molecule has 0 spiro atoms. The number of hydrogen-bond donors (Lipinski definition) is 2. The molecule has 0 radical (unpaired) electrons. The molecule has 0 fully saturated rings. The van der Waals surface area contributed by atoms with E-state index in [0.717, 1.165) is 16.7 Å². The molecule has 0 aliphatic heterocycles. The highest BCUT2D eigenvalue weighted by Gasteiger charge is 2.26. The molecule has 0 aliphatic carbocycles. The summed E-state index contributed by atoms with van der Waals surface area (Å²) in [5.74, 6) is 0.164. The highest BCUT2D eigenvalue weighted by atomic mass is 32.2. The largest absolute Gasteiger partial charge is 0.494 e. The quantitative estimate of drug-likeness (QED) is 0.509. The van der Waals surface area contributed by atoms with Crippen LogP contribution in [-0.4, -0.2) is 27.0 Å². The first kappa shape index (κ1) is 23.5. The van der Waals surface area contributed by atoms with E-state index in [1.54, 1.807) is 18.2 Å². The molecule has 0 saturated heterocycles. The van der Waals surface area contributed by atoms with Crippen molar-refractivity contribution in [2.45, 2.75) is 38.1 Å². The van der Waals surface area contributed by atoms with Crippen molar-refractivity contribution in [3.05, 3.63) is 89.5 Å². The molecule has 3 aromatic carbocycles. The molecule has 32 heavy (non-hydrogen) atoms. The minimum atomic E-state index is -3.93. The summed E-state index contributed by atoms with van der Waals surface area (Å²) < 4.78 is 34.1. The smallest absolute Gasteiger partial charge is 0.242 e. The van der Waals surface area contributed by atoms with E-state index in [4.69, 9.17) is 4.74 Å². The van der Waals surface area contributed by atoms with Gasteiger partial charge in [0.1, 0.15) is 11.8 Å². The molecular weight excluding hydrogens is 424 g/mol. The minimum absolute atomic E-state index is 0.0681. The molecule has 3 rings (SSSR count). The van der Waals surface area contributed by atoms with Gasteiger partial charge in [-0.05, 0) is 74.2 Å². The molecule has 0 aromatic heterocycles. The summed E-state index contributed by atoms with van der Waals surface area (Å²) in [5.41, 5.74) is 3.49. The van der Waals surface area contributed by atoms with Crippen LogP contribution >= 0.6 is 0 Å². The van der Waals surface area contributed by atoms with Gasteiger partial charge < -0.3 is 10.1 Å². The van der Waals surface area contributed by atoms with Crippen molar-refractivity contribution < 1.29 is 17.9 Å². The average Bonchev–Trinajstić information content (AvgIpc) is 2.77. The normalized spacial score (nSPS) is 12.2. The second kappa shape index (κ2) is 10.4. The molecule has 0 saturated carbocycles. The zero-order chi connectivity index (χ0) is 23.1. The summed E-state index contributed by atoms with van der Waals surface area (Å²) in [7, 11) is -3.93. The molecule has 7 heteroatoms. The molecule has 0 unspecified atom stereocenters. The van der Waals surface area contributed by atoms with Crippen LogP contribution in [0, 0.1) is 13.8 Å². The molecule has 0 heterocycles. The van der Waals surface area contributed by atoms with E-state index in [1.807, 2.05) is 63.2 Å². The number of rotatable bonds is 9.